The minimum absolute atomic E-state index is 0.0485. The number of rotatable bonds is 2. The number of imidazole rings is 1. The number of nitrogens with zero attached hydrogens (tertiary/aromatic N) is 3. The number of aryl methyl sites for hydroxylation is 1. The summed E-state index contributed by atoms with van der Waals surface area (Å²) < 4.78 is 0. The van der Waals surface area contributed by atoms with Crippen molar-refractivity contribution in [2.24, 2.45) is 0 Å². The fourth-order valence-electron chi connectivity index (χ4n) is 1.30. The molecule has 1 aromatic rings. The number of H-pyrrole nitrogens is 1. The molecule has 1 aliphatic heterocycles. The molecule has 2 N–H and O–H groups in total. The van der Waals surface area contributed by atoms with Gasteiger partial charge >= 0.3 is 0 Å². The summed E-state index contributed by atoms with van der Waals surface area (Å²) in [5.74, 6) is 0.789. The van der Waals surface area contributed by atoms with E-state index in [-0.39, 0.29) is 12.6 Å². The fraction of sp³-hybridized carbons (Fsp3) is 0.500. The predicted octanol–water partition coefficient (Wildman–Crippen LogP) is 0.401. The molecule has 1 aromatic heterocycles. The van der Waals surface area contributed by atoms with Crippen LogP contribution >= 0.6 is 0 Å². The normalized spacial score (nSPS) is 20.1. The zero-order valence-electron chi connectivity index (χ0n) is 7.28. The molecule has 1 saturated heterocycles. The Hall–Kier alpha value is -1.54. The van der Waals surface area contributed by atoms with Crippen LogP contribution in [0.3, 0.4) is 0 Å². The number of hydrogen-bond acceptors (Lipinski definition) is 3. The van der Waals surface area contributed by atoms with Gasteiger partial charge in [-0.05, 0) is 6.92 Å². The quantitative estimate of drug-likeness (QED) is 0.509. The maximum atomic E-state index is 8.90. The number of hydrogen-bond donors (Lipinski definition) is 2. The van der Waals surface area contributed by atoms with Crippen molar-refractivity contribution in [3.63, 3.8) is 0 Å². The Morgan fingerprint density at radius 1 is 1.85 bits per heavy atom. The van der Waals surface area contributed by atoms with E-state index in [2.05, 4.69) is 14.9 Å². The summed E-state index contributed by atoms with van der Waals surface area (Å²) in [6.07, 6.45) is 0. The summed E-state index contributed by atoms with van der Waals surface area (Å²) in [5, 5.41) is 10.5. The molecule has 68 valence electrons. The van der Waals surface area contributed by atoms with E-state index in [9.17, 15) is 0 Å². The average molecular weight is 178 g/mol. The second kappa shape index (κ2) is 2.75. The highest BCUT2D eigenvalue weighted by atomic mass is 16.3. The van der Waals surface area contributed by atoms with Gasteiger partial charge in [0.2, 0.25) is 0 Å². The number of aliphatic hydroxyl groups is 1. The lowest BCUT2D eigenvalue weighted by molar-refractivity contribution is 0.276. The molecular weight excluding hydrogens is 168 g/mol. The molecule has 13 heavy (non-hydrogen) atoms. The van der Waals surface area contributed by atoms with Crippen LogP contribution in [0.2, 0.25) is 0 Å². The van der Waals surface area contributed by atoms with Gasteiger partial charge in [0.25, 0.3) is 0 Å². The van der Waals surface area contributed by atoms with E-state index in [1.54, 1.807) is 5.01 Å². The Balaban J connectivity index is 2.20. The van der Waals surface area contributed by atoms with E-state index in [0.717, 1.165) is 18.1 Å². The lowest BCUT2D eigenvalue weighted by Gasteiger charge is -1.86. The van der Waals surface area contributed by atoms with Crippen LogP contribution in [0.1, 0.15) is 23.3 Å². The van der Waals surface area contributed by atoms with Crippen LogP contribution in [-0.2, 0) is 6.61 Å². The van der Waals surface area contributed by atoms with Crippen molar-refractivity contribution < 1.29 is 5.11 Å². The predicted molar refractivity (Wildman–Crippen MR) is 45.3 cm³/mol. The second-order valence-electron chi connectivity index (χ2n) is 3.09. The first-order valence-corrected chi connectivity index (χ1v) is 4.06. The van der Waals surface area contributed by atoms with Crippen LogP contribution in [0, 0.1) is 13.5 Å². The van der Waals surface area contributed by atoms with Gasteiger partial charge in [0.1, 0.15) is 12.4 Å². The Labute approximate surface area is 75.8 Å². The van der Waals surface area contributed by atoms with E-state index in [4.69, 9.17) is 11.7 Å². The van der Waals surface area contributed by atoms with Crippen LogP contribution in [0.25, 0.3) is 4.95 Å². The first-order chi connectivity index (χ1) is 6.26. The molecule has 5 nitrogen and oxygen atoms in total. The zero-order chi connectivity index (χ0) is 9.42. The molecule has 1 fully saturated rings. The minimum atomic E-state index is -0.0485. The fourth-order valence-corrected chi connectivity index (χ4v) is 1.30. The average Bonchev–Trinajstić information content (AvgIpc) is 2.83. The van der Waals surface area contributed by atoms with Crippen molar-refractivity contribution in [3.05, 3.63) is 28.7 Å². The zero-order valence-corrected chi connectivity index (χ0v) is 7.28. The smallest absolute Gasteiger partial charge is 0.178 e. The lowest BCUT2D eigenvalue weighted by atomic mass is 10.4. The monoisotopic (exact) mass is 178 g/mol. The van der Waals surface area contributed by atoms with Gasteiger partial charge in [-0.2, -0.15) is 11.5 Å². The Morgan fingerprint density at radius 3 is 3.08 bits per heavy atom. The van der Waals surface area contributed by atoms with Crippen molar-refractivity contribution in [2.45, 2.75) is 19.6 Å². The van der Waals surface area contributed by atoms with Crippen molar-refractivity contribution in [2.75, 3.05) is 6.54 Å². The summed E-state index contributed by atoms with van der Waals surface area (Å²) >= 11 is 0. The molecule has 2 rings (SSSR count). The van der Waals surface area contributed by atoms with Crippen LogP contribution in [0.5, 0.6) is 0 Å². The molecule has 0 aromatic carbocycles. The van der Waals surface area contributed by atoms with Crippen molar-refractivity contribution >= 4 is 0 Å². The van der Waals surface area contributed by atoms with Gasteiger partial charge in [-0.1, -0.05) is 5.01 Å². The second-order valence-corrected chi connectivity index (χ2v) is 3.09. The summed E-state index contributed by atoms with van der Waals surface area (Å²) in [4.78, 5) is 10.5. The maximum absolute atomic E-state index is 8.90. The van der Waals surface area contributed by atoms with Crippen LogP contribution in [0.15, 0.2) is 0 Å². The molecule has 0 bridgehead atoms. The number of aromatic nitrogens is 2. The summed E-state index contributed by atoms with van der Waals surface area (Å²) in [7, 11) is 0. The van der Waals surface area contributed by atoms with Gasteiger partial charge in [0, 0.05) is 5.69 Å². The number of aliphatic hydroxyl groups excluding tert-OH is 1. The molecule has 0 amide bonds. The molecule has 1 aliphatic rings. The summed E-state index contributed by atoms with van der Waals surface area (Å²) in [5.41, 5.74) is 1.56. The standard InChI is InChI=1S/C8H10N4O/c1-5-6(4-13)11-8(10-5)7-3-12(7)9-2/h7,13H,3-4H2,1H3,(H,10,11). The Morgan fingerprint density at radius 2 is 2.62 bits per heavy atom. The van der Waals surface area contributed by atoms with E-state index in [1.165, 1.54) is 0 Å². The molecule has 0 spiro atoms. The summed E-state index contributed by atoms with van der Waals surface area (Å²) in [6.45, 7) is 9.32. The van der Waals surface area contributed by atoms with Gasteiger partial charge in [0.05, 0.1) is 12.3 Å². The molecule has 0 aliphatic carbocycles. The third kappa shape index (κ3) is 1.25. The van der Waals surface area contributed by atoms with E-state index in [1.807, 2.05) is 6.92 Å². The SMILES string of the molecule is [C-]#[N+]N1CC1c1nc(CO)c(C)[nH]1. The first kappa shape index (κ1) is 8.08. The third-order valence-corrected chi connectivity index (χ3v) is 2.18. The van der Waals surface area contributed by atoms with Gasteiger partial charge < -0.3 is 10.1 Å². The highest BCUT2D eigenvalue weighted by Gasteiger charge is 2.43. The van der Waals surface area contributed by atoms with E-state index in [0.29, 0.717) is 5.69 Å². The maximum Gasteiger partial charge on any atom is 0.178 e. The van der Waals surface area contributed by atoms with Crippen molar-refractivity contribution in [1.29, 1.82) is 0 Å². The molecule has 2 heterocycles. The molecule has 1 unspecified atom stereocenters. The van der Waals surface area contributed by atoms with E-state index >= 15 is 0 Å². The molecule has 5 heteroatoms. The number of nitrogens with one attached hydrogen (secondary N) is 1. The number of aromatic amines is 1. The van der Waals surface area contributed by atoms with Crippen molar-refractivity contribution in [3.8, 4) is 0 Å². The van der Waals surface area contributed by atoms with Gasteiger partial charge in [0.15, 0.2) is 6.04 Å². The molecule has 0 saturated carbocycles. The summed E-state index contributed by atoms with van der Waals surface area (Å²) in [6, 6.07) is 0.108. The van der Waals surface area contributed by atoms with Crippen LogP contribution in [0.4, 0.5) is 0 Å². The molecule has 0 radical (unpaired) electrons. The highest BCUT2D eigenvalue weighted by molar-refractivity contribution is 5.17. The Bertz CT molecular complexity index is 365. The van der Waals surface area contributed by atoms with Crippen LogP contribution in [-0.4, -0.2) is 26.6 Å². The minimum Gasteiger partial charge on any atom is -0.390 e. The largest absolute Gasteiger partial charge is 0.390 e. The highest BCUT2D eigenvalue weighted by Crippen LogP contribution is 2.33. The Kier molecular flexibility index (Phi) is 1.71. The topological polar surface area (TPSA) is 56.3 Å². The first-order valence-electron chi connectivity index (χ1n) is 4.06. The van der Waals surface area contributed by atoms with Gasteiger partial charge in [-0.3, -0.25) is 0 Å². The van der Waals surface area contributed by atoms with Crippen LogP contribution < -0.4 is 0 Å². The lowest BCUT2D eigenvalue weighted by Crippen LogP contribution is -1.89. The van der Waals surface area contributed by atoms with E-state index < -0.39 is 0 Å². The third-order valence-electron chi connectivity index (χ3n) is 2.18. The van der Waals surface area contributed by atoms with Gasteiger partial charge in [-0.25, -0.2) is 4.98 Å². The van der Waals surface area contributed by atoms with Crippen molar-refractivity contribution in [1.82, 2.24) is 15.0 Å². The van der Waals surface area contributed by atoms with Gasteiger partial charge in [-0.15, -0.1) is 0 Å². The molecular formula is C8H10N4O. The molecule has 1 atom stereocenters.